The molecule has 0 aromatic heterocycles. The van der Waals surface area contributed by atoms with Crippen LogP contribution in [0.1, 0.15) is 5.56 Å². The number of hydrogen-bond acceptors (Lipinski definition) is 1. The number of benzene rings is 1. The molecule has 1 nitrogen and oxygen atoms in total. The minimum atomic E-state index is -5.47. The fourth-order valence-corrected chi connectivity index (χ4v) is 1.07. The van der Waals surface area contributed by atoms with Crippen molar-refractivity contribution in [2.75, 3.05) is 0 Å². The van der Waals surface area contributed by atoms with Crippen LogP contribution in [-0.2, 0) is 11.3 Å². The Balaban J connectivity index is 2.70. The molecular weight excluding hydrogens is 250 g/mol. The highest BCUT2D eigenvalue weighted by molar-refractivity contribution is 5.12. The summed E-state index contributed by atoms with van der Waals surface area (Å²) in [6.45, 7) is -0.766. The molecule has 0 N–H and O–H groups in total. The molecule has 0 spiro atoms. The lowest BCUT2D eigenvalue weighted by Gasteiger charge is -2.23. The summed E-state index contributed by atoms with van der Waals surface area (Å²) < 4.78 is 76.3. The van der Waals surface area contributed by atoms with E-state index < -0.39 is 25.1 Å². The molecule has 7 heteroatoms. The Morgan fingerprint density at radius 3 is 1.88 bits per heavy atom. The van der Waals surface area contributed by atoms with Crippen LogP contribution in [0, 0.1) is 6.07 Å². The first-order valence-electron chi connectivity index (χ1n) is 4.41. The van der Waals surface area contributed by atoms with E-state index in [2.05, 4.69) is 10.8 Å². The van der Waals surface area contributed by atoms with Gasteiger partial charge in [0.1, 0.15) is 0 Å². The Morgan fingerprint density at radius 1 is 1.00 bits per heavy atom. The Morgan fingerprint density at radius 2 is 1.47 bits per heavy atom. The van der Waals surface area contributed by atoms with Gasteiger partial charge in [-0.2, -0.15) is 26.3 Å². The average molecular weight is 257 g/mol. The van der Waals surface area contributed by atoms with E-state index in [1.54, 1.807) is 0 Å². The quantitative estimate of drug-likeness (QED) is 0.753. The standard InChI is InChI=1S/C10H7F6O/c11-9(12,13)8(10(14,15)16)17-6-7-4-2-1-3-5-7/h2-5,8H,6H2. The zero-order valence-electron chi connectivity index (χ0n) is 8.27. The lowest BCUT2D eigenvalue weighted by atomic mass is 10.2. The summed E-state index contributed by atoms with van der Waals surface area (Å²) in [6, 6.07) is 7.97. The molecule has 0 amide bonds. The second-order valence-corrected chi connectivity index (χ2v) is 3.18. The second-order valence-electron chi connectivity index (χ2n) is 3.18. The molecule has 1 radical (unpaired) electrons. The van der Waals surface area contributed by atoms with Crippen LogP contribution >= 0.6 is 0 Å². The van der Waals surface area contributed by atoms with Crippen LogP contribution < -0.4 is 0 Å². The highest BCUT2D eigenvalue weighted by Crippen LogP contribution is 2.36. The molecule has 0 aliphatic carbocycles. The van der Waals surface area contributed by atoms with Crippen LogP contribution in [0.3, 0.4) is 0 Å². The van der Waals surface area contributed by atoms with Crippen LogP contribution in [0.25, 0.3) is 0 Å². The minimum Gasteiger partial charge on any atom is -0.356 e. The lowest BCUT2D eigenvalue weighted by Crippen LogP contribution is -2.44. The normalized spacial score (nSPS) is 13.1. The van der Waals surface area contributed by atoms with E-state index in [0.717, 1.165) is 0 Å². The van der Waals surface area contributed by atoms with Gasteiger partial charge in [-0.05, 0) is 11.6 Å². The van der Waals surface area contributed by atoms with Gasteiger partial charge < -0.3 is 4.74 Å². The molecule has 1 aromatic carbocycles. The molecule has 1 aromatic rings. The van der Waals surface area contributed by atoms with Gasteiger partial charge in [-0.15, -0.1) is 0 Å². The molecule has 0 unspecified atom stereocenters. The van der Waals surface area contributed by atoms with Gasteiger partial charge in [0, 0.05) is 0 Å². The van der Waals surface area contributed by atoms with E-state index in [0.29, 0.717) is 0 Å². The topological polar surface area (TPSA) is 9.23 Å². The maximum atomic E-state index is 12.1. The van der Waals surface area contributed by atoms with E-state index in [-0.39, 0.29) is 5.56 Å². The first kappa shape index (κ1) is 13.8. The minimum absolute atomic E-state index is 0.210. The molecule has 0 atom stereocenters. The Hall–Kier alpha value is -1.24. The molecule has 95 valence electrons. The van der Waals surface area contributed by atoms with Gasteiger partial charge in [0.15, 0.2) is 0 Å². The van der Waals surface area contributed by atoms with Crippen molar-refractivity contribution in [2.24, 2.45) is 0 Å². The molecule has 0 fully saturated rings. The summed E-state index contributed by atoms with van der Waals surface area (Å²) in [5.41, 5.74) is 0.210. The maximum Gasteiger partial charge on any atom is 0.423 e. The number of rotatable bonds is 3. The lowest BCUT2D eigenvalue weighted by molar-refractivity contribution is -0.324. The van der Waals surface area contributed by atoms with Crippen molar-refractivity contribution in [3.63, 3.8) is 0 Å². The predicted octanol–water partition coefficient (Wildman–Crippen LogP) is 3.50. The third kappa shape index (κ3) is 4.26. The molecule has 1 rings (SSSR count). The summed E-state index contributed by atoms with van der Waals surface area (Å²) in [4.78, 5) is 0. The Labute approximate surface area is 93.0 Å². The zero-order chi connectivity index (χ0) is 13.1. The van der Waals surface area contributed by atoms with E-state index in [1.165, 1.54) is 24.3 Å². The highest BCUT2D eigenvalue weighted by Gasteiger charge is 2.57. The van der Waals surface area contributed by atoms with Crippen molar-refractivity contribution in [1.29, 1.82) is 0 Å². The number of halogens is 6. The van der Waals surface area contributed by atoms with Gasteiger partial charge in [0.05, 0.1) is 6.61 Å². The molecule has 0 saturated carbocycles. The Kier molecular flexibility index (Phi) is 4.03. The first-order valence-corrected chi connectivity index (χ1v) is 4.41. The highest BCUT2D eigenvalue weighted by atomic mass is 19.4. The van der Waals surface area contributed by atoms with Crippen LogP contribution in [0.5, 0.6) is 0 Å². The van der Waals surface area contributed by atoms with Crippen LogP contribution in [0.15, 0.2) is 24.3 Å². The summed E-state index contributed by atoms with van der Waals surface area (Å²) in [7, 11) is 0. The van der Waals surface area contributed by atoms with E-state index in [1.807, 2.05) is 0 Å². The van der Waals surface area contributed by atoms with Gasteiger partial charge in [-0.1, -0.05) is 24.3 Å². The first-order chi connectivity index (χ1) is 7.71. The van der Waals surface area contributed by atoms with E-state index >= 15 is 0 Å². The molecule has 0 saturated heterocycles. The summed E-state index contributed by atoms with van der Waals surface area (Å²) in [6.07, 6.45) is -14.7. The van der Waals surface area contributed by atoms with Crippen LogP contribution in [0.2, 0.25) is 0 Å². The number of ether oxygens (including phenoxy) is 1. The molecule has 0 aliphatic rings. The van der Waals surface area contributed by atoms with Gasteiger partial charge >= 0.3 is 12.4 Å². The summed E-state index contributed by atoms with van der Waals surface area (Å²) in [5.74, 6) is 0. The smallest absolute Gasteiger partial charge is 0.356 e. The van der Waals surface area contributed by atoms with Gasteiger partial charge in [0.2, 0.25) is 6.10 Å². The molecule has 0 heterocycles. The monoisotopic (exact) mass is 257 g/mol. The zero-order valence-corrected chi connectivity index (χ0v) is 8.27. The van der Waals surface area contributed by atoms with Crippen molar-refractivity contribution in [3.05, 3.63) is 35.9 Å². The fourth-order valence-electron chi connectivity index (χ4n) is 1.07. The number of hydrogen-bond donors (Lipinski definition) is 0. The van der Waals surface area contributed by atoms with Crippen molar-refractivity contribution < 1.29 is 31.1 Å². The summed E-state index contributed by atoms with van der Waals surface area (Å²) in [5, 5.41) is 0. The second kappa shape index (κ2) is 4.95. The molecule has 0 bridgehead atoms. The maximum absolute atomic E-state index is 12.1. The van der Waals surface area contributed by atoms with Crippen molar-refractivity contribution >= 4 is 0 Å². The largest absolute Gasteiger partial charge is 0.423 e. The average Bonchev–Trinajstić information content (AvgIpc) is 2.15. The Bertz CT molecular complexity index is 328. The predicted molar refractivity (Wildman–Crippen MR) is 46.0 cm³/mol. The third-order valence-electron chi connectivity index (χ3n) is 1.80. The van der Waals surface area contributed by atoms with E-state index in [9.17, 15) is 26.3 Å². The van der Waals surface area contributed by atoms with Crippen molar-refractivity contribution in [1.82, 2.24) is 0 Å². The molecule has 0 aliphatic heterocycles. The SMILES string of the molecule is FC(F)(F)C(OCc1cc[c]cc1)C(F)(F)F. The van der Waals surface area contributed by atoms with Gasteiger partial charge in [-0.25, -0.2) is 0 Å². The van der Waals surface area contributed by atoms with Crippen LogP contribution in [-0.4, -0.2) is 18.5 Å². The third-order valence-corrected chi connectivity index (χ3v) is 1.80. The van der Waals surface area contributed by atoms with Crippen LogP contribution in [0.4, 0.5) is 26.3 Å². The van der Waals surface area contributed by atoms with Gasteiger partial charge in [-0.3, -0.25) is 0 Å². The molecule has 17 heavy (non-hydrogen) atoms. The molecular formula is C10H7F6O. The summed E-state index contributed by atoms with van der Waals surface area (Å²) >= 11 is 0. The number of alkyl halides is 6. The fraction of sp³-hybridized carbons (Fsp3) is 0.400. The van der Waals surface area contributed by atoms with Crippen molar-refractivity contribution in [2.45, 2.75) is 25.1 Å². The van der Waals surface area contributed by atoms with E-state index in [4.69, 9.17) is 0 Å². The van der Waals surface area contributed by atoms with Gasteiger partial charge in [0.25, 0.3) is 0 Å². The van der Waals surface area contributed by atoms with Crippen molar-refractivity contribution in [3.8, 4) is 0 Å².